The molecule has 3 heterocycles. The van der Waals surface area contributed by atoms with E-state index in [-0.39, 0.29) is 22.7 Å². The van der Waals surface area contributed by atoms with Crippen molar-refractivity contribution >= 4 is 38.3 Å². The highest BCUT2D eigenvalue weighted by Crippen LogP contribution is 2.29. The van der Waals surface area contributed by atoms with E-state index in [1.54, 1.807) is 31.4 Å². The summed E-state index contributed by atoms with van der Waals surface area (Å²) < 4.78 is 35.2. The molecule has 5 rings (SSSR count). The highest BCUT2D eigenvalue weighted by atomic mass is 32.2. The zero-order chi connectivity index (χ0) is 26.9. The van der Waals surface area contributed by atoms with Gasteiger partial charge in [0.25, 0.3) is 10.0 Å². The number of hydrogen-bond acceptors (Lipinski definition) is 7. The van der Waals surface area contributed by atoms with Gasteiger partial charge in [-0.3, -0.25) is 9.52 Å². The molecule has 0 saturated carbocycles. The molecule has 0 radical (unpaired) electrons. The minimum Gasteiger partial charge on any atom is -0.497 e. The molecule has 11 heteroatoms. The number of fused-ring (bicyclic) bond motifs is 1. The van der Waals surface area contributed by atoms with Gasteiger partial charge < -0.3 is 19.1 Å². The minimum absolute atomic E-state index is 0.0818. The number of benzene rings is 2. The second kappa shape index (κ2) is 10.3. The molecule has 1 aliphatic rings. The van der Waals surface area contributed by atoms with Crippen LogP contribution in [0.4, 0.5) is 11.5 Å². The first kappa shape index (κ1) is 25.5. The van der Waals surface area contributed by atoms with Crippen LogP contribution in [0.2, 0.25) is 0 Å². The van der Waals surface area contributed by atoms with E-state index in [0.717, 1.165) is 28.0 Å². The fourth-order valence-corrected chi connectivity index (χ4v) is 5.95. The van der Waals surface area contributed by atoms with E-state index in [0.29, 0.717) is 26.2 Å². The summed E-state index contributed by atoms with van der Waals surface area (Å²) in [7, 11) is -2.11. The summed E-state index contributed by atoms with van der Waals surface area (Å²) in [5, 5.41) is 1.05. The number of sulfonamides is 1. The zero-order valence-corrected chi connectivity index (χ0v) is 22.4. The minimum atomic E-state index is -3.76. The van der Waals surface area contributed by atoms with Crippen molar-refractivity contribution in [2.75, 3.05) is 42.9 Å². The van der Waals surface area contributed by atoms with E-state index in [1.165, 1.54) is 18.6 Å². The lowest BCUT2D eigenvalue weighted by atomic mass is 10.2. The first-order chi connectivity index (χ1) is 18.3. The normalized spacial score (nSPS) is 14.9. The van der Waals surface area contributed by atoms with Crippen LogP contribution >= 0.6 is 0 Å². The summed E-state index contributed by atoms with van der Waals surface area (Å²) in [4.78, 5) is 25.4. The molecule has 0 bridgehead atoms. The van der Waals surface area contributed by atoms with Gasteiger partial charge in [0, 0.05) is 54.7 Å². The first-order valence-electron chi connectivity index (χ1n) is 12.3. The molecule has 1 atom stereocenters. The molecule has 1 unspecified atom stereocenters. The van der Waals surface area contributed by atoms with Crippen LogP contribution in [0.3, 0.4) is 0 Å². The van der Waals surface area contributed by atoms with E-state index < -0.39 is 10.0 Å². The van der Waals surface area contributed by atoms with Crippen LogP contribution in [-0.4, -0.2) is 67.0 Å². The fourth-order valence-electron chi connectivity index (χ4n) is 4.94. The number of methoxy groups -OCH3 is 1. The van der Waals surface area contributed by atoms with Gasteiger partial charge in [0.2, 0.25) is 5.91 Å². The molecule has 1 aliphatic heterocycles. The van der Waals surface area contributed by atoms with Gasteiger partial charge in [-0.1, -0.05) is 0 Å². The number of carbonyl (C=O) groups excluding carboxylic acids is 1. The Labute approximate surface area is 221 Å². The Morgan fingerprint density at radius 1 is 1.03 bits per heavy atom. The Bertz CT molecular complexity index is 1550. The number of hydrogen-bond donors (Lipinski definition) is 1. The van der Waals surface area contributed by atoms with E-state index >= 15 is 0 Å². The summed E-state index contributed by atoms with van der Waals surface area (Å²) in [6.07, 6.45) is 2.75. The second-order valence-electron chi connectivity index (χ2n) is 9.26. The molecular formula is C27H30N6O4S. The summed E-state index contributed by atoms with van der Waals surface area (Å²) in [5.41, 5.74) is 2.94. The van der Waals surface area contributed by atoms with E-state index in [4.69, 9.17) is 4.74 Å². The van der Waals surface area contributed by atoms with Crippen molar-refractivity contribution in [3.05, 3.63) is 72.8 Å². The molecule has 0 aliphatic carbocycles. The van der Waals surface area contributed by atoms with Gasteiger partial charge >= 0.3 is 0 Å². The molecule has 38 heavy (non-hydrogen) atoms. The first-order valence-corrected chi connectivity index (χ1v) is 13.8. The number of rotatable bonds is 7. The summed E-state index contributed by atoms with van der Waals surface area (Å²) in [6.45, 7) is 6.45. The lowest BCUT2D eigenvalue weighted by Gasteiger charge is -2.37. The van der Waals surface area contributed by atoms with Crippen LogP contribution in [0.15, 0.2) is 72.0 Å². The third kappa shape index (κ3) is 5.01. The van der Waals surface area contributed by atoms with Gasteiger partial charge in [0.15, 0.2) is 0 Å². The van der Waals surface area contributed by atoms with E-state index in [9.17, 15) is 13.2 Å². The van der Waals surface area contributed by atoms with Gasteiger partial charge in [0.05, 0.1) is 12.0 Å². The van der Waals surface area contributed by atoms with E-state index in [2.05, 4.69) is 30.2 Å². The maximum absolute atomic E-state index is 13.4. The smallest absolute Gasteiger partial charge is 0.263 e. The van der Waals surface area contributed by atoms with Crippen LogP contribution in [0.5, 0.6) is 5.75 Å². The molecule has 2 aromatic heterocycles. The molecule has 4 aromatic rings. The summed E-state index contributed by atoms with van der Waals surface area (Å²) >= 11 is 0. The predicted molar refractivity (Wildman–Crippen MR) is 146 cm³/mol. The Kier molecular flexibility index (Phi) is 6.94. The van der Waals surface area contributed by atoms with Crippen molar-refractivity contribution < 1.29 is 17.9 Å². The summed E-state index contributed by atoms with van der Waals surface area (Å²) in [6, 6.07) is 15.9. The number of anilines is 2. The van der Waals surface area contributed by atoms with Crippen LogP contribution in [0, 0.1) is 6.92 Å². The predicted octanol–water partition coefficient (Wildman–Crippen LogP) is 3.46. The van der Waals surface area contributed by atoms with Gasteiger partial charge in [0.1, 0.15) is 23.9 Å². The molecule has 2 aromatic carbocycles. The molecule has 10 nitrogen and oxygen atoms in total. The quantitative estimate of drug-likeness (QED) is 0.387. The molecule has 1 saturated heterocycles. The standard InChI is InChI=1S/C27H30N6O4S/c1-19-16-21-17-23(37-3)6-9-25(21)33(19)20(2)27(34)32-14-12-31(13-15-32)22-4-7-24(8-5-22)38(35,36)30-26-10-11-28-18-29-26/h4-11,16-18,20H,12-15H2,1-3H3,(H,28,29,30). The van der Waals surface area contributed by atoms with Crippen LogP contribution < -0.4 is 14.4 Å². The monoisotopic (exact) mass is 534 g/mol. The van der Waals surface area contributed by atoms with Crippen molar-refractivity contribution in [1.29, 1.82) is 0 Å². The number of aromatic nitrogens is 3. The van der Waals surface area contributed by atoms with Crippen molar-refractivity contribution in [3.8, 4) is 5.75 Å². The largest absolute Gasteiger partial charge is 0.497 e. The Balaban J connectivity index is 1.23. The third-order valence-corrected chi connectivity index (χ3v) is 8.28. The molecule has 1 N–H and O–H groups in total. The molecule has 1 amide bonds. The van der Waals surface area contributed by atoms with Crippen LogP contribution in [0.1, 0.15) is 18.7 Å². The van der Waals surface area contributed by atoms with Crippen molar-refractivity contribution in [2.45, 2.75) is 24.8 Å². The SMILES string of the molecule is COc1ccc2c(c1)cc(C)n2C(C)C(=O)N1CCN(c2ccc(S(=O)(=O)Nc3ccncn3)cc2)CC1. The second-order valence-corrected chi connectivity index (χ2v) is 10.9. The van der Waals surface area contributed by atoms with Gasteiger partial charge in [-0.05, 0) is 68.4 Å². The van der Waals surface area contributed by atoms with Crippen LogP contribution in [-0.2, 0) is 14.8 Å². The molecule has 198 valence electrons. The lowest BCUT2D eigenvalue weighted by Crippen LogP contribution is -2.50. The van der Waals surface area contributed by atoms with Crippen molar-refractivity contribution in [2.24, 2.45) is 0 Å². The number of piperazine rings is 1. The molecular weight excluding hydrogens is 504 g/mol. The average Bonchev–Trinajstić information content (AvgIpc) is 3.27. The van der Waals surface area contributed by atoms with Gasteiger partial charge in [-0.2, -0.15) is 0 Å². The maximum Gasteiger partial charge on any atom is 0.263 e. The number of nitrogens with zero attached hydrogens (tertiary/aromatic N) is 5. The maximum atomic E-state index is 13.4. The molecule has 0 spiro atoms. The number of ether oxygens (including phenoxy) is 1. The molecule has 1 fully saturated rings. The van der Waals surface area contributed by atoms with Crippen molar-refractivity contribution in [1.82, 2.24) is 19.4 Å². The number of nitrogens with one attached hydrogen (secondary N) is 1. The van der Waals surface area contributed by atoms with Crippen molar-refractivity contribution in [3.63, 3.8) is 0 Å². The highest BCUT2D eigenvalue weighted by molar-refractivity contribution is 7.92. The van der Waals surface area contributed by atoms with E-state index in [1.807, 2.05) is 36.9 Å². The third-order valence-electron chi connectivity index (χ3n) is 6.91. The van der Waals surface area contributed by atoms with Crippen LogP contribution in [0.25, 0.3) is 10.9 Å². The Morgan fingerprint density at radius 2 is 1.76 bits per heavy atom. The zero-order valence-electron chi connectivity index (χ0n) is 21.5. The topological polar surface area (TPSA) is 110 Å². The number of carbonyl (C=O) groups is 1. The number of aryl methyl sites for hydroxylation is 1. The van der Waals surface area contributed by atoms with Gasteiger partial charge in [-0.25, -0.2) is 18.4 Å². The van der Waals surface area contributed by atoms with Gasteiger partial charge in [-0.15, -0.1) is 0 Å². The summed E-state index contributed by atoms with van der Waals surface area (Å²) in [5.74, 6) is 1.08. The Morgan fingerprint density at radius 3 is 2.42 bits per heavy atom. The average molecular weight is 535 g/mol. The Hall–Kier alpha value is -4.12. The fraction of sp³-hybridized carbons (Fsp3) is 0.296. The lowest BCUT2D eigenvalue weighted by molar-refractivity contribution is -0.134. The number of amides is 1. The highest BCUT2D eigenvalue weighted by Gasteiger charge is 2.28.